The number of nitrogens with two attached hydrogens (primary N) is 1. The highest BCUT2D eigenvalue weighted by molar-refractivity contribution is 5.95. The number of nitrogens with zero attached hydrogens (tertiary/aromatic N) is 1. The van der Waals surface area contributed by atoms with Crippen LogP contribution in [-0.4, -0.2) is 46.2 Å². The van der Waals surface area contributed by atoms with Crippen LogP contribution in [0, 0.1) is 58.2 Å². The zero-order chi connectivity index (χ0) is 25.4. The Morgan fingerprint density at radius 3 is 2.69 bits per heavy atom. The molecule has 4 N–H and O–H groups in total. The lowest BCUT2D eigenvalue weighted by atomic mass is 9.41. The molecule has 6 nitrogen and oxygen atoms in total. The molecule has 0 amide bonds. The Kier molecular flexibility index (Phi) is 4.47. The van der Waals surface area contributed by atoms with E-state index in [1.54, 1.807) is 18.2 Å². The zero-order valence-electron chi connectivity index (χ0n) is 21.9. The summed E-state index contributed by atoms with van der Waals surface area (Å²) in [5.41, 5.74) is 3.86. The number of rotatable bonds is 3. The van der Waals surface area contributed by atoms with Crippen molar-refractivity contribution in [3.05, 3.63) is 29.8 Å². The summed E-state index contributed by atoms with van der Waals surface area (Å²) in [6.07, 6.45) is 5.69. The third kappa shape index (κ3) is 2.26. The summed E-state index contributed by atoms with van der Waals surface area (Å²) in [4.78, 5) is 18.3. The van der Waals surface area contributed by atoms with Crippen molar-refractivity contribution in [1.82, 2.24) is 0 Å². The highest BCUT2D eigenvalue weighted by atomic mass is 16.5. The van der Waals surface area contributed by atoms with Crippen LogP contribution in [0.5, 0.6) is 0 Å². The van der Waals surface area contributed by atoms with E-state index in [9.17, 15) is 15.0 Å². The van der Waals surface area contributed by atoms with Gasteiger partial charge in [-0.3, -0.25) is 4.99 Å². The van der Waals surface area contributed by atoms with E-state index in [1.165, 1.54) is 0 Å². The number of para-hydroxylation sites is 1. The van der Waals surface area contributed by atoms with Gasteiger partial charge in [-0.25, -0.2) is 4.79 Å². The van der Waals surface area contributed by atoms with E-state index < -0.39 is 22.6 Å². The topological polar surface area (TPSA) is 105 Å². The van der Waals surface area contributed by atoms with Gasteiger partial charge in [0.1, 0.15) is 12.2 Å². The van der Waals surface area contributed by atoms with Crippen molar-refractivity contribution in [3.8, 4) is 0 Å². The van der Waals surface area contributed by atoms with E-state index in [-0.39, 0.29) is 35.8 Å². The van der Waals surface area contributed by atoms with Crippen molar-refractivity contribution in [1.29, 1.82) is 0 Å². The van der Waals surface area contributed by atoms with E-state index in [4.69, 9.17) is 15.5 Å². The van der Waals surface area contributed by atoms with Crippen molar-refractivity contribution in [3.63, 3.8) is 0 Å². The molecule has 6 heteroatoms. The Balaban J connectivity index is 1.34. The number of aliphatic hydroxyl groups is 2. The average molecular weight is 493 g/mol. The van der Waals surface area contributed by atoms with Gasteiger partial charge in [0.05, 0.1) is 17.2 Å². The number of carbonyl (C=O) groups is 1. The molecule has 0 radical (unpaired) electrons. The normalized spacial score (nSPS) is 55.4. The third-order valence-electron chi connectivity index (χ3n) is 12.7. The third-order valence-corrected chi connectivity index (χ3v) is 12.7. The molecule has 7 rings (SSSR count). The Labute approximate surface area is 213 Å². The molecule has 194 valence electrons. The summed E-state index contributed by atoms with van der Waals surface area (Å²) >= 11 is 0. The molecule has 1 aromatic rings. The number of hydrogen-bond acceptors (Lipinski definition) is 6. The molecule has 5 saturated carbocycles. The summed E-state index contributed by atoms with van der Waals surface area (Å²) in [7, 11) is 0. The maximum Gasteiger partial charge on any atom is 0.340 e. The minimum atomic E-state index is -1.26. The van der Waals surface area contributed by atoms with E-state index in [1.807, 2.05) is 12.3 Å². The summed E-state index contributed by atoms with van der Waals surface area (Å²) in [5, 5.41) is 25.3. The van der Waals surface area contributed by atoms with E-state index >= 15 is 0 Å². The molecule has 5 aliphatic carbocycles. The summed E-state index contributed by atoms with van der Waals surface area (Å²) in [6.45, 7) is 9.34. The zero-order valence-corrected chi connectivity index (χ0v) is 21.9. The molecular formula is C30H40N2O4. The van der Waals surface area contributed by atoms with Crippen LogP contribution in [0.25, 0.3) is 0 Å². The van der Waals surface area contributed by atoms with Crippen LogP contribution in [0.2, 0.25) is 0 Å². The molecule has 0 saturated heterocycles. The summed E-state index contributed by atoms with van der Waals surface area (Å²) in [5.74, 6) is 1.77. The van der Waals surface area contributed by atoms with Crippen molar-refractivity contribution in [2.45, 2.75) is 70.6 Å². The minimum Gasteiger partial charge on any atom is -0.461 e. The molecule has 1 aromatic carbocycles. The van der Waals surface area contributed by atoms with Crippen LogP contribution in [0.15, 0.2) is 29.3 Å². The minimum absolute atomic E-state index is 0.102. The van der Waals surface area contributed by atoms with Gasteiger partial charge in [0, 0.05) is 22.7 Å². The lowest BCUT2D eigenvalue weighted by molar-refractivity contribution is -0.265. The molecule has 1 aliphatic heterocycles. The number of anilines is 1. The highest BCUT2D eigenvalue weighted by Crippen LogP contribution is 2.82. The molecule has 6 aliphatic rings. The number of carbonyl (C=O) groups excluding carboxylic acids is 1. The highest BCUT2D eigenvalue weighted by Gasteiger charge is 2.87. The molecular weight excluding hydrogens is 452 g/mol. The fraction of sp³-hybridized carbons (Fsp3) is 0.733. The fourth-order valence-electron chi connectivity index (χ4n) is 11.7. The van der Waals surface area contributed by atoms with Crippen LogP contribution in [0.1, 0.15) is 63.7 Å². The van der Waals surface area contributed by atoms with Crippen molar-refractivity contribution in [2.24, 2.45) is 63.2 Å². The smallest absolute Gasteiger partial charge is 0.340 e. The lowest BCUT2D eigenvalue weighted by Gasteiger charge is -2.66. The number of esters is 1. The number of ether oxygens (including phenoxy) is 1. The van der Waals surface area contributed by atoms with Gasteiger partial charge in [0.2, 0.25) is 0 Å². The standard InChI is InChI=1S/C30H40N2O4/c1-15-12-28(34)23-17(3)20(15)11-21(23)29-16(2)9-10-27(13-32-26(29)30(28,35)18(4)24(27)29)14-36-25(33)19-7-5-6-8-22(19)31/h5-8,13,15-18,20-21,23-24,26,34-35H,9-12,14,31H2,1-4H3/t15-,16-,17-,18-,20+,21+,23-,24+,26-,27-,28+,29+,30+/m0/s1. The number of fused-ring (bicyclic) bond motifs is 2. The summed E-state index contributed by atoms with van der Waals surface area (Å²) < 4.78 is 6.02. The predicted molar refractivity (Wildman–Crippen MR) is 137 cm³/mol. The maximum atomic E-state index is 13.1. The molecule has 0 unspecified atom stereocenters. The van der Waals surface area contributed by atoms with Gasteiger partial charge in [-0.2, -0.15) is 0 Å². The van der Waals surface area contributed by atoms with Crippen molar-refractivity contribution in [2.75, 3.05) is 12.3 Å². The van der Waals surface area contributed by atoms with E-state index in [0.717, 1.165) is 19.3 Å². The van der Waals surface area contributed by atoms with Gasteiger partial charge >= 0.3 is 5.97 Å². The van der Waals surface area contributed by atoms with Crippen LogP contribution >= 0.6 is 0 Å². The molecule has 0 aromatic heterocycles. The van der Waals surface area contributed by atoms with Crippen LogP contribution < -0.4 is 5.73 Å². The largest absolute Gasteiger partial charge is 0.461 e. The predicted octanol–water partition coefficient (Wildman–Crippen LogP) is 3.95. The quantitative estimate of drug-likeness (QED) is 0.438. The molecule has 13 atom stereocenters. The van der Waals surface area contributed by atoms with Gasteiger partial charge in [0.25, 0.3) is 0 Å². The van der Waals surface area contributed by atoms with Gasteiger partial charge in [-0.1, -0.05) is 39.8 Å². The SMILES string of the molecule is C[C@H]1[C@@H]2C[C@@H]3[C@H]1[C@](O)(C[C@@H]2C)[C@@]1(O)[C@@H](C)[C@@H]2[C@]4(COC(=O)c5ccccc5N)C=N[C@H]1[C@]32[C@@H](C)CC4. The first-order chi connectivity index (χ1) is 17.0. The molecule has 1 heterocycles. The van der Waals surface area contributed by atoms with Gasteiger partial charge in [0.15, 0.2) is 0 Å². The maximum absolute atomic E-state index is 13.1. The molecule has 5 fully saturated rings. The number of aliphatic imine (C=N–C) groups is 1. The Morgan fingerprint density at radius 2 is 1.94 bits per heavy atom. The lowest BCUT2D eigenvalue weighted by Crippen LogP contribution is -2.74. The Bertz CT molecular complexity index is 1170. The Hall–Kier alpha value is -1.92. The van der Waals surface area contributed by atoms with Crippen molar-refractivity contribution < 1.29 is 19.7 Å². The molecule has 36 heavy (non-hydrogen) atoms. The number of benzene rings is 1. The summed E-state index contributed by atoms with van der Waals surface area (Å²) in [6, 6.07) is 6.73. The van der Waals surface area contributed by atoms with Crippen LogP contribution in [0.3, 0.4) is 0 Å². The van der Waals surface area contributed by atoms with Crippen molar-refractivity contribution >= 4 is 17.9 Å². The number of hydrogen-bond donors (Lipinski definition) is 3. The van der Waals surface area contributed by atoms with Crippen LogP contribution in [0.4, 0.5) is 5.69 Å². The first kappa shape index (κ1) is 23.2. The van der Waals surface area contributed by atoms with E-state index in [2.05, 4.69) is 27.7 Å². The second kappa shape index (κ2) is 6.93. The number of nitrogen functional groups attached to an aromatic ring is 1. The van der Waals surface area contributed by atoms with Gasteiger partial charge < -0.3 is 20.7 Å². The monoisotopic (exact) mass is 492 g/mol. The second-order valence-corrected chi connectivity index (χ2v) is 13.6. The first-order valence-electron chi connectivity index (χ1n) is 14.0. The van der Waals surface area contributed by atoms with E-state index in [0.29, 0.717) is 47.3 Å². The first-order valence-corrected chi connectivity index (χ1v) is 14.0. The fourth-order valence-corrected chi connectivity index (χ4v) is 11.7. The second-order valence-electron chi connectivity index (χ2n) is 13.6. The molecule has 7 bridgehead atoms. The Morgan fingerprint density at radius 1 is 1.19 bits per heavy atom. The van der Waals surface area contributed by atoms with Crippen LogP contribution in [-0.2, 0) is 4.74 Å². The van der Waals surface area contributed by atoms with Gasteiger partial charge in [-0.05, 0) is 85.2 Å². The average Bonchev–Trinajstić information content (AvgIpc) is 3.21. The molecule has 1 spiro atoms. The van der Waals surface area contributed by atoms with Gasteiger partial charge in [-0.15, -0.1) is 0 Å².